The molecule has 1 aliphatic rings. The lowest BCUT2D eigenvalue weighted by Crippen LogP contribution is -1.83. The Hall–Kier alpha value is -0.260. The first-order valence-corrected chi connectivity index (χ1v) is 2.75. The molecule has 0 N–H and O–H groups in total. The smallest absolute Gasteiger partial charge is 0.00687 e. The van der Waals surface area contributed by atoms with Crippen molar-refractivity contribution in [3.8, 4) is 0 Å². The summed E-state index contributed by atoms with van der Waals surface area (Å²) in [7, 11) is 0. The van der Waals surface area contributed by atoms with E-state index in [4.69, 9.17) is 0 Å². The lowest BCUT2D eigenvalue weighted by atomic mass is 10.1. The summed E-state index contributed by atoms with van der Waals surface area (Å²) in [5.41, 5.74) is 1.37. The van der Waals surface area contributed by atoms with Gasteiger partial charge in [-0.15, -0.1) is 0 Å². The van der Waals surface area contributed by atoms with E-state index in [1.165, 1.54) is 12.0 Å². The minimum Gasteiger partial charge on any atom is -0.0992 e. The molecule has 0 nitrogen and oxygen atoms in total. The standard InChI is InChI=1S/C7H11/c1-5(2)7-4-6(7)3/h5H,3-4H2,1-2H3. The molecule has 1 radical (unpaired) electrons. The lowest BCUT2D eigenvalue weighted by molar-refractivity contribution is 0.749. The molecule has 7 heavy (non-hydrogen) atoms. The minimum atomic E-state index is 0.757. The van der Waals surface area contributed by atoms with Gasteiger partial charge in [-0.25, -0.2) is 0 Å². The van der Waals surface area contributed by atoms with Crippen molar-refractivity contribution in [2.75, 3.05) is 0 Å². The van der Waals surface area contributed by atoms with Crippen molar-refractivity contribution in [3.63, 3.8) is 0 Å². The van der Waals surface area contributed by atoms with Gasteiger partial charge in [-0.2, -0.15) is 0 Å². The van der Waals surface area contributed by atoms with Crippen molar-refractivity contribution in [1.29, 1.82) is 0 Å². The quantitative estimate of drug-likeness (QED) is 0.468. The van der Waals surface area contributed by atoms with E-state index in [1.54, 1.807) is 5.92 Å². The van der Waals surface area contributed by atoms with E-state index in [-0.39, 0.29) is 0 Å². The van der Waals surface area contributed by atoms with Crippen LogP contribution in [0.4, 0.5) is 0 Å². The monoisotopic (exact) mass is 95.1 g/mol. The molecule has 0 bridgehead atoms. The SMILES string of the molecule is C=C1C[C]1C(C)C. The van der Waals surface area contributed by atoms with Gasteiger partial charge >= 0.3 is 0 Å². The van der Waals surface area contributed by atoms with E-state index in [1.807, 2.05) is 0 Å². The topological polar surface area (TPSA) is 0 Å². The second kappa shape index (κ2) is 1.36. The van der Waals surface area contributed by atoms with Crippen LogP contribution in [-0.2, 0) is 0 Å². The highest BCUT2D eigenvalue weighted by atomic mass is 14.3. The van der Waals surface area contributed by atoms with E-state index in [2.05, 4.69) is 20.4 Å². The summed E-state index contributed by atoms with van der Waals surface area (Å²) in [5.74, 6) is 2.33. The van der Waals surface area contributed by atoms with Crippen LogP contribution < -0.4 is 0 Å². The molecule has 0 heteroatoms. The van der Waals surface area contributed by atoms with Crippen LogP contribution in [0.1, 0.15) is 20.3 Å². The maximum atomic E-state index is 3.83. The Morgan fingerprint density at radius 2 is 2.00 bits per heavy atom. The largest absolute Gasteiger partial charge is 0.0992 e. The molecular formula is C7H11. The molecule has 0 aromatic rings. The molecule has 1 aliphatic carbocycles. The molecule has 1 rings (SSSR count). The van der Waals surface area contributed by atoms with Crippen molar-refractivity contribution >= 4 is 0 Å². The molecule has 0 spiro atoms. The first-order valence-electron chi connectivity index (χ1n) is 2.75. The average molecular weight is 95.2 g/mol. The van der Waals surface area contributed by atoms with Crippen LogP contribution in [0.2, 0.25) is 0 Å². The Kier molecular flexibility index (Phi) is 0.949. The number of rotatable bonds is 1. The molecule has 0 aromatic heterocycles. The van der Waals surface area contributed by atoms with E-state index in [9.17, 15) is 0 Å². The lowest BCUT2D eigenvalue weighted by Gasteiger charge is -1.93. The summed E-state index contributed by atoms with van der Waals surface area (Å²) < 4.78 is 0. The van der Waals surface area contributed by atoms with Crippen molar-refractivity contribution in [2.45, 2.75) is 20.3 Å². The number of hydrogen-bond donors (Lipinski definition) is 0. The van der Waals surface area contributed by atoms with Gasteiger partial charge in [0.15, 0.2) is 0 Å². The summed E-state index contributed by atoms with van der Waals surface area (Å²) in [5, 5.41) is 0. The molecule has 0 amide bonds. The van der Waals surface area contributed by atoms with Crippen LogP contribution in [0.5, 0.6) is 0 Å². The van der Waals surface area contributed by atoms with Gasteiger partial charge in [0.05, 0.1) is 0 Å². The fraction of sp³-hybridized carbons (Fsp3) is 0.571. The van der Waals surface area contributed by atoms with Gasteiger partial charge < -0.3 is 0 Å². The fourth-order valence-corrected chi connectivity index (χ4v) is 0.798. The van der Waals surface area contributed by atoms with E-state index in [0.717, 1.165) is 5.92 Å². The van der Waals surface area contributed by atoms with Gasteiger partial charge in [-0.1, -0.05) is 26.0 Å². The van der Waals surface area contributed by atoms with Crippen molar-refractivity contribution in [3.05, 3.63) is 18.1 Å². The average Bonchev–Trinajstić information content (AvgIpc) is 2.17. The molecule has 1 fully saturated rings. The highest BCUT2D eigenvalue weighted by Crippen LogP contribution is 2.44. The summed E-state index contributed by atoms with van der Waals surface area (Å²) >= 11 is 0. The molecule has 0 saturated heterocycles. The van der Waals surface area contributed by atoms with Gasteiger partial charge in [0, 0.05) is 5.92 Å². The van der Waals surface area contributed by atoms with Gasteiger partial charge in [0.2, 0.25) is 0 Å². The second-order valence-electron chi connectivity index (χ2n) is 2.46. The van der Waals surface area contributed by atoms with Crippen LogP contribution in [0.15, 0.2) is 12.2 Å². The highest BCUT2D eigenvalue weighted by molar-refractivity contribution is 5.42. The summed E-state index contributed by atoms with van der Waals surface area (Å²) in [6, 6.07) is 0. The van der Waals surface area contributed by atoms with E-state index < -0.39 is 0 Å². The Labute approximate surface area is 45.2 Å². The van der Waals surface area contributed by atoms with Gasteiger partial charge in [-0.3, -0.25) is 0 Å². The van der Waals surface area contributed by atoms with Crippen molar-refractivity contribution in [1.82, 2.24) is 0 Å². The normalized spacial score (nSPS) is 21.3. The minimum absolute atomic E-state index is 0.757. The molecule has 0 atom stereocenters. The molecule has 0 heterocycles. The molecule has 1 saturated carbocycles. The second-order valence-corrected chi connectivity index (χ2v) is 2.46. The summed E-state index contributed by atoms with van der Waals surface area (Å²) in [4.78, 5) is 0. The van der Waals surface area contributed by atoms with Gasteiger partial charge in [-0.05, 0) is 12.3 Å². The molecular weight excluding hydrogens is 84.1 g/mol. The maximum absolute atomic E-state index is 3.83. The van der Waals surface area contributed by atoms with Crippen LogP contribution in [0, 0.1) is 11.8 Å². The first-order chi connectivity index (χ1) is 3.22. The van der Waals surface area contributed by atoms with Crippen molar-refractivity contribution < 1.29 is 0 Å². The van der Waals surface area contributed by atoms with Crippen molar-refractivity contribution in [2.24, 2.45) is 5.92 Å². The van der Waals surface area contributed by atoms with Gasteiger partial charge in [0.1, 0.15) is 0 Å². The number of hydrogen-bond acceptors (Lipinski definition) is 0. The zero-order valence-corrected chi connectivity index (χ0v) is 4.99. The Bertz CT molecular complexity index is 90.2. The maximum Gasteiger partial charge on any atom is 0.00687 e. The molecule has 0 aromatic carbocycles. The third-order valence-corrected chi connectivity index (χ3v) is 1.43. The zero-order valence-electron chi connectivity index (χ0n) is 4.99. The van der Waals surface area contributed by atoms with Crippen LogP contribution >= 0.6 is 0 Å². The zero-order chi connectivity index (χ0) is 5.44. The molecule has 0 aliphatic heterocycles. The van der Waals surface area contributed by atoms with Crippen LogP contribution in [0.3, 0.4) is 0 Å². The third-order valence-electron chi connectivity index (χ3n) is 1.43. The van der Waals surface area contributed by atoms with Gasteiger partial charge in [0.25, 0.3) is 0 Å². The third kappa shape index (κ3) is 0.846. The predicted octanol–water partition coefficient (Wildman–Crippen LogP) is 2.18. The highest BCUT2D eigenvalue weighted by Gasteiger charge is 2.30. The molecule has 39 valence electrons. The Morgan fingerprint density at radius 3 is 2.00 bits per heavy atom. The summed E-state index contributed by atoms with van der Waals surface area (Å²) in [6.07, 6.45) is 1.21. The van der Waals surface area contributed by atoms with E-state index in [0.29, 0.717) is 0 Å². The Morgan fingerprint density at radius 1 is 1.57 bits per heavy atom. The van der Waals surface area contributed by atoms with Crippen LogP contribution in [-0.4, -0.2) is 0 Å². The first kappa shape index (κ1) is 4.89. The Balaban J connectivity index is 2.33. The number of allylic oxidation sites excluding steroid dienone is 1. The van der Waals surface area contributed by atoms with E-state index >= 15 is 0 Å². The molecule has 0 unspecified atom stereocenters. The fourth-order valence-electron chi connectivity index (χ4n) is 0.798. The summed E-state index contributed by atoms with van der Waals surface area (Å²) in [6.45, 7) is 8.26. The van der Waals surface area contributed by atoms with Crippen LogP contribution in [0.25, 0.3) is 0 Å². The predicted molar refractivity (Wildman–Crippen MR) is 31.8 cm³/mol.